The quantitative estimate of drug-likeness (QED) is 0.686. The lowest BCUT2D eigenvalue weighted by atomic mass is 9.75. The normalized spacial score (nSPS) is 22.1. The van der Waals surface area contributed by atoms with Crippen LogP contribution in [0.5, 0.6) is 0 Å². The van der Waals surface area contributed by atoms with Gasteiger partial charge in [-0.15, -0.1) is 0 Å². The van der Waals surface area contributed by atoms with E-state index in [0.29, 0.717) is 10.8 Å². The number of likely N-dealkylation sites (tertiary alicyclic amines) is 1. The topological polar surface area (TPSA) is 3.24 Å². The maximum atomic E-state index is 2.63. The molecule has 0 bridgehead atoms. The molecule has 0 atom stereocenters. The van der Waals surface area contributed by atoms with E-state index in [2.05, 4.69) is 46.4 Å². The standard InChI is InChI=1S/C16H33N/c1-14(2)17-12-10-16(6,11-13-17)9-7-8-15(3,4)5/h14H,7-13H2,1-6H3. The summed E-state index contributed by atoms with van der Waals surface area (Å²) in [6.45, 7) is 16.8. The highest BCUT2D eigenvalue weighted by atomic mass is 15.1. The van der Waals surface area contributed by atoms with E-state index in [1.807, 2.05) is 0 Å². The van der Waals surface area contributed by atoms with E-state index in [-0.39, 0.29) is 0 Å². The molecule has 0 aromatic rings. The zero-order chi connectivity index (χ0) is 13.1. The van der Waals surface area contributed by atoms with Crippen molar-refractivity contribution in [3.05, 3.63) is 0 Å². The third-order valence-corrected chi connectivity index (χ3v) is 4.44. The molecule has 0 aromatic carbocycles. The highest BCUT2D eigenvalue weighted by molar-refractivity contribution is 4.83. The van der Waals surface area contributed by atoms with Gasteiger partial charge in [0.2, 0.25) is 0 Å². The average molecular weight is 239 g/mol. The van der Waals surface area contributed by atoms with Crippen LogP contribution in [0.1, 0.15) is 73.6 Å². The van der Waals surface area contributed by atoms with Gasteiger partial charge in [-0.2, -0.15) is 0 Å². The van der Waals surface area contributed by atoms with E-state index < -0.39 is 0 Å². The molecular weight excluding hydrogens is 206 g/mol. The second-order valence-electron chi connectivity index (χ2n) is 7.85. The predicted molar refractivity (Wildman–Crippen MR) is 77.4 cm³/mol. The van der Waals surface area contributed by atoms with E-state index in [1.54, 1.807) is 0 Å². The van der Waals surface area contributed by atoms with Crippen LogP contribution in [0.25, 0.3) is 0 Å². The summed E-state index contributed by atoms with van der Waals surface area (Å²) in [5, 5.41) is 0. The van der Waals surface area contributed by atoms with Crippen LogP contribution in [0.4, 0.5) is 0 Å². The van der Waals surface area contributed by atoms with Crippen molar-refractivity contribution in [2.24, 2.45) is 10.8 Å². The third kappa shape index (κ3) is 5.42. The molecule has 102 valence electrons. The predicted octanol–water partition coefficient (Wildman–Crippen LogP) is 4.71. The maximum absolute atomic E-state index is 2.63. The summed E-state index contributed by atoms with van der Waals surface area (Å²) in [6.07, 6.45) is 7.00. The molecule has 1 heteroatoms. The molecule has 1 rings (SSSR count). The van der Waals surface area contributed by atoms with E-state index >= 15 is 0 Å². The number of piperidine rings is 1. The Bertz CT molecular complexity index is 216. The summed E-state index contributed by atoms with van der Waals surface area (Å²) in [6, 6.07) is 0.731. The molecule has 0 aliphatic carbocycles. The Morgan fingerprint density at radius 2 is 1.65 bits per heavy atom. The second-order valence-corrected chi connectivity index (χ2v) is 7.85. The van der Waals surface area contributed by atoms with Crippen LogP contribution in [0, 0.1) is 10.8 Å². The largest absolute Gasteiger partial charge is 0.301 e. The molecule has 0 N–H and O–H groups in total. The van der Waals surface area contributed by atoms with Crippen LogP contribution in [-0.2, 0) is 0 Å². The molecule has 1 aliphatic heterocycles. The maximum Gasteiger partial charge on any atom is 0.00385 e. The van der Waals surface area contributed by atoms with Gasteiger partial charge in [0.25, 0.3) is 0 Å². The Morgan fingerprint density at radius 3 is 2.06 bits per heavy atom. The Labute approximate surface area is 109 Å². The van der Waals surface area contributed by atoms with Crippen molar-refractivity contribution in [1.82, 2.24) is 4.90 Å². The Morgan fingerprint density at radius 1 is 1.12 bits per heavy atom. The molecule has 0 unspecified atom stereocenters. The smallest absolute Gasteiger partial charge is 0.00385 e. The van der Waals surface area contributed by atoms with Gasteiger partial charge >= 0.3 is 0 Å². The Balaban J connectivity index is 2.30. The summed E-state index contributed by atoms with van der Waals surface area (Å²) in [7, 11) is 0. The molecule has 0 radical (unpaired) electrons. The molecular formula is C16H33N. The Kier molecular flexibility index (Phi) is 5.07. The van der Waals surface area contributed by atoms with Crippen LogP contribution in [0.15, 0.2) is 0 Å². The van der Waals surface area contributed by atoms with Gasteiger partial charge in [-0.1, -0.05) is 34.1 Å². The molecule has 1 aliphatic rings. The fraction of sp³-hybridized carbons (Fsp3) is 1.00. The van der Waals surface area contributed by atoms with E-state index in [4.69, 9.17) is 0 Å². The number of hydrogen-bond acceptors (Lipinski definition) is 1. The number of rotatable bonds is 4. The molecule has 0 amide bonds. The summed E-state index contributed by atoms with van der Waals surface area (Å²) in [5.74, 6) is 0. The second kappa shape index (κ2) is 5.73. The minimum absolute atomic E-state index is 0.509. The first-order chi connectivity index (χ1) is 7.72. The van der Waals surface area contributed by atoms with Gasteiger partial charge in [0.1, 0.15) is 0 Å². The minimum Gasteiger partial charge on any atom is -0.301 e. The van der Waals surface area contributed by atoms with Crippen LogP contribution < -0.4 is 0 Å². The molecule has 17 heavy (non-hydrogen) atoms. The first-order valence-corrected chi connectivity index (χ1v) is 7.46. The van der Waals surface area contributed by atoms with Crippen molar-refractivity contribution in [2.75, 3.05) is 13.1 Å². The van der Waals surface area contributed by atoms with Crippen LogP contribution in [0.3, 0.4) is 0 Å². The van der Waals surface area contributed by atoms with Crippen LogP contribution in [0.2, 0.25) is 0 Å². The lowest BCUT2D eigenvalue weighted by Gasteiger charge is -2.41. The molecule has 1 nitrogen and oxygen atoms in total. The Hall–Kier alpha value is -0.0400. The van der Waals surface area contributed by atoms with Crippen molar-refractivity contribution in [3.8, 4) is 0 Å². The number of nitrogens with zero attached hydrogens (tertiary/aromatic N) is 1. The van der Waals surface area contributed by atoms with Crippen molar-refractivity contribution in [2.45, 2.75) is 79.7 Å². The van der Waals surface area contributed by atoms with Gasteiger partial charge in [0, 0.05) is 6.04 Å². The van der Waals surface area contributed by atoms with Gasteiger partial charge in [-0.05, 0) is 63.5 Å². The molecule has 1 saturated heterocycles. The van der Waals surface area contributed by atoms with Crippen LogP contribution in [-0.4, -0.2) is 24.0 Å². The third-order valence-electron chi connectivity index (χ3n) is 4.44. The first kappa shape index (κ1) is 15.0. The van der Waals surface area contributed by atoms with Crippen molar-refractivity contribution in [3.63, 3.8) is 0 Å². The summed E-state index contributed by atoms with van der Waals surface area (Å²) in [5.41, 5.74) is 1.13. The highest BCUT2D eigenvalue weighted by Crippen LogP contribution is 2.37. The van der Waals surface area contributed by atoms with Crippen molar-refractivity contribution >= 4 is 0 Å². The van der Waals surface area contributed by atoms with Crippen molar-refractivity contribution in [1.29, 1.82) is 0 Å². The summed E-state index contributed by atoms with van der Waals surface area (Å²) in [4.78, 5) is 2.63. The van der Waals surface area contributed by atoms with E-state index in [9.17, 15) is 0 Å². The lowest BCUT2D eigenvalue weighted by Crippen LogP contribution is -2.42. The minimum atomic E-state index is 0.509. The first-order valence-electron chi connectivity index (χ1n) is 7.46. The van der Waals surface area contributed by atoms with Crippen molar-refractivity contribution < 1.29 is 0 Å². The van der Waals surface area contributed by atoms with Gasteiger partial charge in [0.05, 0.1) is 0 Å². The lowest BCUT2D eigenvalue weighted by molar-refractivity contribution is 0.0847. The van der Waals surface area contributed by atoms with E-state index in [1.165, 1.54) is 45.2 Å². The fourth-order valence-corrected chi connectivity index (χ4v) is 2.88. The van der Waals surface area contributed by atoms with Crippen LogP contribution >= 0.6 is 0 Å². The zero-order valence-corrected chi connectivity index (χ0v) is 13.0. The molecule has 1 heterocycles. The summed E-state index contributed by atoms with van der Waals surface area (Å²) < 4.78 is 0. The molecule has 0 spiro atoms. The van der Waals surface area contributed by atoms with Gasteiger partial charge in [-0.3, -0.25) is 0 Å². The van der Waals surface area contributed by atoms with Gasteiger partial charge < -0.3 is 4.90 Å². The van der Waals surface area contributed by atoms with E-state index in [0.717, 1.165) is 6.04 Å². The molecule has 1 fully saturated rings. The monoisotopic (exact) mass is 239 g/mol. The number of hydrogen-bond donors (Lipinski definition) is 0. The SMILES string of the molecule is CC(C)N1CCC(C)(CCCC(C)(C)C)CC1. The van der Waals surface area contributed by atoms with Gasteiger partial charge in [-0.25, -0.2) is 0 Å². The van der Waals surface area contributed by atoms with Gasteiger partial charge in [0.15, 0.2) is 0 Å². The average Bonchev–Trinajstić information content (AvgIpc) is 2.15. The fourth-order valence-electron chi connectivity index (χ4n) is 2.88. The molecule has 0 saturated carbocycles. The molecule has 0 aromatic heterocycles. The summed E-state index contributed by atoms with van der Waals surface area (Å²) >= 11 is 0. The highest BCUT2D eigenvalue weighted by Gasteiger charge is 2.30. The zero-order valence-electron chi connectivity index (χ0n) is 13.0.